The fraction of sp³-hybridized carbons (Fsp3) is 0.467. The maximum Gasteiger partial charge on any atom is 0.416 e. The van der Waals surface area contributed by atoms with Gasteiger partial charge in [0, 0.05) is 25.8 Å². The van der Waals surface area contributed by atoms with Crippen molar-refractivity contribution in [2.45, 2.75) is 58.3 Å². The first-order valence-electron chi connectivity index (χ1n) is 13.7. The van der Waals surface area contributed by atoms with Gasteiger partial charge in [-0.05, 0) is 67.1 Å². The van der Waals surface area contributed by atoms with Crippen LogP contribution >= 0.6 is 0 Å². The van der Waals surface area contributed by atoms with Crippen LogP contribution in [0.1, 0.15) is 65.5 Å². The lowest BCUT2D eigenvalue weighted by Crippen LogP contribution is -2.61. The van der Waals surface area contributed by atoms with E-state index < -0.39 is 57.9 Å². The highest BCUT2D eigenvalue weighted by molar-refractivity contribution is 5.99. The van der Waals surface area contributed by atoms with E-state index in [0.717, 1.165) is 0 Å². The van der Waals surface area contributed by atoms with Crippen LogP contribution in [0.25, 0.3) is 0 Å². The molecule has 2 fully saturated rings. The van der Waals surface area contributed by atoms with Gasteiger partial charge in [0.2, 0.25) is 11.8 Å². The number of carbonyl (C=O) groups excluding carboxylic acids is 3. The van der Waals surface area contributed by atoms with E-state index in [1.54, 1.807) is 51.8 Å². The zero-order chi connectivity index (χ0) is 32.1. The van der Waals surface area contributed by atoms with E-state index in [1.807, 2.05) is 4.90 Å². The fourth-order valence-electron chi connectivity index (χ4n) is 5.76. The maximum absolute atomic E-state index is 14.4. The minimum atomic E-state index is -4.79. The molecule has 2 aliphatic heterocycles. The highest BCUT2D eigenvalue weighted by Crippen LogP contribution is 2.40. The van der Waals surface area contributed by atoms with E-state index in [4.69, 9.17) is 0 Å². The number of halogens is 4. The van der Waals surface area contributed by atoms with Crippen molar-refractivity contribution in [3.8, 4) is 0 Å². The summed E-state index contributed by atoms with van der Waals surface area (Å²) >= 11 is 0. The summed E-state index contributed by atoms with van der Waals surface area (Å²) in [7, 11) is 1.66. The number of nitrogens with zero attached hydrogens (tertiary/aromatic N) is 3. The van der Waals surface area contributed by atoms with Gasteiger partial charge in [-0.2, -0.15) is 13.2 Å². The van der Waals surface area contributed by atoms with E-state index >= 15 is 0 Å². The predicted octanol–water partition coefficient (Wildman–Crippen LogP) is 4.29. The number of rotatable bonds is 5. The van der Waals surface area contributed by atoms with Crippen LogP contribution in [0.15, 0.2) is 36.4 Å². The van der Waals surface area contributed by atoms with Gasteiger partial charge in [0.15, 0.2) is 0 Å². The molecule has 0 saturated carbocycles. The number of piperidine rings is 1. The molecule has 9 nitrogen and oxygen atoms in total. The zero-order valence-electron chi connectivity index (χ0n) is 24.5. The van der Waals surface area contributed by atoms with Crippen LogP contribution in [0.3, 0.4) is 0 Å². The average Bonchev–Trinajstić information content (AvgIpc) is 3.15. The van der Waals surface area contributed by atoms with E-state index in [2.05, 4.69) is 5.32 Å². The molecule has 0 radical (unpaired) electrons. The number of nitrogens with one attached hydrogen (secondary N) is 1. The minimum Gasteiger partial charge on any atom is -0.478 e. The molecule has 13 heteroatoms. The smallest absolute Gasteiger partial charge is 0.416 e. The Kier molecular flexibility index (Phi) is 8.24. The number of aromatic carboxylic acids is 1. The lowest BCUT2D eigenvalue weighted by atomic mass is 9.82. The van der Waals surface area contributed by atoms with Gasteiger partial charge in [-0.15, -0.1) is 0 Å². The number of anilines is 1. The van der Waals surface area contributed by atoms with Gasteiger partial charge in [0.1, 0.15) is 17.4 Å². The highest BCUT2D eigenvalue weighted by Gasteiger charge is 2.54. The van der Waals surface area contributed by atoms with Crippen LogP contribution in [0.5, 0.6) is 0 Å². The van der Waals surface area contributed by atoms with Crippen molar-refractivity contribution >= 4 is 29.4 Å². The Bertz CT molecular complexity index is 1460. The van der Waals surface area contributed by atoms with Crippen molar-refractivity contribution < 1.29 is 41.8 Å². The van der Waals surface area contributed by atoms with Crippen molar-refractivity contribution in [2.24, 2.45) is 5.41 Å². The SMILES string of the molecule is Cc1cc(N2CN(C)C(=O)C23CCN(C(=O)[C@H](NC(=O)c2cc(C(F)(F)F)ccc2F)C(C)(C)C)CC3)ccc1C(=O)O. The molecule has 2 aromatic carbocycles. The number of hydrogen-bond donors (Lipinski definition) is 2. The number of likely N-dealkylation sites (tertiary alicyclic amines) is 1. The number of carboxylic acid groups (broad SMARTS) is 1. The molecule has 1 atom stereocenters. The second-order valence-corrected chi connectivity index (χ2v) is 12.2. The molecule has 232 valence electrons. The summed E-state index contributed by atoms with van der Waals surface area (Å²) in [5, 5.41) is 11.9. The predicted molar refractivity (Wildman–Crippen MR) is 149 cm³/mol. The molecule has 2 heterocycles. The summed E-state index contributed by atoms with van der Waals surface area (Å²) in [5.74, 6) is -4.00. The number of amides is 3. The third-order valence-corrected chi connectivity index (χ3v) is 8.20. The van der Waals surface area contributed by atoms with Crippen LogP contribution in [-0.2, 0) is 15.8 Å². The largest absolute Gasteiger partial charge is 0.478 e. The van der Waals surface area contributed by atoms with E-state index in [0.29, 0.717) is 29.4 Å². The summed E-state index contributed by atoms with van der Waals surface area (Å²) in [6, 6.07) is 5.18. The van der Waals surface area contributed by atoms with Crippen LogP contribution in [0.2, 0.25) is 0 Å². The molecule has 0 aliphatic carbocycles. The van der Waals surface area contributed by atoms with Crippen LogP contribution in [-0.4, -0.2) is 77.0 Å². The monoisotopic (exact) mass is 606 g/mol. The number of aryl methyl sites for hydroxylation is 1. The molecule has 0 unspecified atom stereocenters. The van der Waals surface area contributed by atoms with Gasteiger partial charge >= 0.3 is 12.1 Å². The van der Waals surface area contributed by atoms with Gasteiger partial charge in [-0.25, -0.2) is 9.18 Å². The first-order chi connectivity index (χ1) is 19.9. The third kappa shape index (κ3) is 6.02. The molecule has 2 aliphatic rings. The van der Waals surface area contributed by atoms with Gasteiger partial charge in [0.25, 0.3) is 5.91 Å². The lowest BCUT2D eigenvalue weighted by molar-refractivity contribution is -0.140. The van der Waals surface area contributed by atoms with Crippen molar-refractivity contribution in [1.82, 2.24) is 15.1 Å². The molecular formula is C30H34F4N4O5. The van der Waals surface area contributed by atoms with Crippen LogP contribution < -0.4 is 10.2 Å². The van der Waals surface area contributed by atoms with Gasteiger partial charge < -0.3 is 25.1 Å². The summed E-state index contributed by atoms with van der Waals surface area (Å²) in [4.78, 5) is 56.6. The first-order valence-corrected chi connectivity index (χ1v) is 13.7. The molecule has 43 heavy (non-hydrogen) atoms. The number of hydrogen-bond acceptors (Lipinski definition) is 5. The molecule has 2 saturated heterocycles. The molecule has 4 rings (SSSR count). The molecule has 2 aromatic rings. The quantitative estimate of drug-likeness (QED) is 0.492. The Morgan fingerprint density at radius 3 is 2.16 bits per heavy atom. The van der Waals surface area contributed by atoms with Gasteiger partial charge in [0.05, 0.1) is 23.4 Å². The summed E-state index contributed by atoms with van der Waals surface area (Å²) in [5.41, 5.74) is -2.53. The minimum absolute atomic E-state index is 0.139. The number of likely N-dealkylation sites (N-methyl/N-ethyl adjacent to an activating group) is 1. The van der Waals surface area contributed by atoms with Crippen molar-refractivity contribution in [2.75, 3.05) is 31.7 Å². The van der Waals surface area contributed by atoms with Crippen molar-refractivity contribution in [1.29, 1.82) is 0 Å². The Morgan fingerprint density at radius 1 is 1.00 bits per heavy atom. The fourth-order valence-corrected chi connectivity index (χ4v) is 5.76. The van der Waals surface area contributed by atoms with Crippen LogP contribution in [0.4, 0.5) is 23.2 Å². The van der Waals surface area contributed by atoms with E-state index in [-0.39, 0.29) is 44.1 Å². The van der Waals surface area contributed by atoms with Gasteiger partial charge in [-0.3, -0.25) is 14.4 Å². The van der Waals surface area contributed by atoms with Crippen molar-refractivity contribution in [3.05, 3.63) is 64.5 Å². The second-order valence-electron chi connectivity index (χ2n) is 12.2. The van der Waals surface area contributed by atoms with Crippen molar-refractivity contribution in [3.63, 3.8) is 0 Å². The molecule has 2 N–H and O–H groups in total. The summed E-state index contributed by atoms with van der Waals surface area (Å²) < 4.78 is 54.0. The summed E-state index contributed by atoms with van der Waals surface area (Å²) in [6.07, 6.45) is -4.30. The normalized spacial score (nSPS) is 17.8. The second kappa shape index (κ2) is 11.2. The Balaban J connectivity index is 1.55. The standard InChI is InChI=1S/C30H34F4N4O5/c1-17-14-19(7-8-20(17)26(41)42)38-16-36(5)27(43)29(38)10-12-37(13-11-29)25(40)23(28(2,3)4)35-24(39)21-15-18(30(32,33)34)6-9-22(21)31/h6-9,14-15,23H,10-13,16H2,1-5H3,(H,35,39)(H,41,42)/t23-/m0/s1. The number of carboxylic acids is 1. The molecule has 1 spiro atoms. The number of alkyl halides is 3. The summed E-state index contributed by atoms with van der Waals surface area (Å²) in [6.45, 7) is 7.23. The first kappa shape index (κ1) is 31.8. The van der Waals surface area contributed by atoms with E-state index in [9.17, 15) is 41.8 Å². The molecule has 0 bridgehead atoms. The highest BCUT2D eigenvalue weighted by atomic mass is 19.4. The average molecular weight is 607 g/mol. The van der Waals surface area contributed by atoms with Gasteiger partial charge in [-0.1, -0.05) is 20.8 Å². The van der Waals surface area contributed by atoms with Crippen LogP contribution in [0, 0.1) is 18.2 Å². The molecular weight excluding hydrogens is 572 g/mol. The third-order valence-electron chi connectivity index (χ3n) is 8.20. The lowest BCUT2D eigenvalue weighted by Gasteiger charge is -2.45. The Labute approximate surface area is 246 Å². The number of carbonyl (C=O) groups is 4. The molecule has 3 amide bonds. The zero-order valence-corrected chi connectivity index (χ0v) is 24.5. The number of benzene rings is 2. The maximum atomic E-state index is 14.4. The Morgan fingerprint density at radius 2 is 1.63 bits per heavy atom. The Hall–Kier alpha value is -4.16. The molecule has 0 aromatic heterocycles. The topological polar surface area (TPSA) is 110 Å². The van der Waals surface area contributed by atoms with E-state index in [1.165, 1.54) is 11.0 Å².